The molecule has 0 aliphatic heterocycles. The monoisotopic (exact) mass is 617 g/mol. The first-order chi connectivity index (χ1) is 23.3. The molecule has 1 atom stereocenters. The SMILES string of the molecule is N#Cc1cccc2c3ccccc3n(-c3ccc4sc5ccc(C6=CC=CC(n7c8ccccc8c8ccccc87)C6)cc5c4c3)c12. The van der Waals surface area contributed by atoms with Gasteiger partial charge in [0.1, 0.15) is 6.07 Å². The van der Waals surface area contributed by atoms with Gasteiger partial charge in [0.2, 0.25) is 0 Å². The number of fused-ring (bicyclic) bond motifs is 9. The van der Waals surface area contributed by atoms with Gasteiger partial charge in [-0.05, 0) is 72.2 Å². The number of para-hydroxylation sites is 4. The van der Waals surface area contributed by atoms with E-state index in [1.807, 2.05) is 23.5 Å². The van der Waals surface area contributed by atoms with Gasteiger partial charge in [-0.2, -0.15) is 5.26 Å². The molecule has 10 rings (SSSR count). The van der Waals surface area contributed by atoms with Gasteiger partial charge < -0.3 is 9.13 Å². The summed E-state index contributed by atoms with van der Waals surface area (Å²) < 4.78 is 7.33. The molecule has 0 fully saturated rings. The number of nitriles is 1. The van der Waals surface area contributed by atoms with Crippen LogP contribution in [0.4, 0.5) is 0 Å². The van der Waals surface area contributed by atoms with E-state index in [1.165, 1.54) is 53.1 Å². The summed E-state index contributed by atoms with van der Waals surface area (Å²) in [5.74, 6) is 0. The summed E-state index contributed by atoms with van der Waals surface area (Å²) in [7, 11) is 0. The molecule has 6 aromatic carbocycles. The third-order valence-electron chi connectivity index (χ3n) is 9.91. The number of allylic oxidation sites excluding steroid dienone is 4. The van der Waals surface area contributed by atoms with Crippen LogP contribution in [0.5, 0.6) is 0 Å². The molecular formula is C43H27N3S. The van der Waals surface area contributed by atoms with Gasteiger partial charge in [0.25, 0.3) is 0 Å². The highest BCUT2D eigenvalue weighted by atomic mass is 32.1. The molecular weight excluding hydrogens is 591 g/mol. The lowest BCUT2D eigenvalue weighted by Crippen LogP contribution is -2.09. The first-order valence-electron chi connectivity index (χ1n) is 16.0. The number of hydrogen-bond acceptors (Lipinski definition) is 2. The van der Waals surface area contributed by atoms with E-state index in [1.54, 1.807) is 0 Å². The molecule has 9 aromatic rings. The molecule has 3 heterocycles. The molecule has 0 bridgehead atoms. The van der Waals surface area contributed by atoms with Crippen LogP contribution in [0, 0.1) is 11.3 Å². The lowest BCUT2D eigenvalue weighted by atomic mass is 9.93. The minimum atomic E-state index is 0.228. The molecule has 47 heavy (non-hydrogen) atoms. The van der Waals surface area contributed by atoms with Crippen molar-refractivity contribution < 1.29 is 0 Å². The number of benzene rings is 6. The summed E-state index contributed by atoms with van der Waals surface area (Å²) in [5.41, 5.74) is 9.00. The summed E-state index contributed by atoms with van der Waals surface area (Å²) in [6, 6.07) is 48.4. The Morgan fingerprint density at radius 1 is 0.617 bits per heavy atom. The van der Waals surface area contributed by atoms with Gasteiger partial charge in [-0.15, -0.1) is 11.3 Å². The number of aromatic nitrogens is 2. The molecule has 220 valence electrons. The smallest absolute Gasteiger partial charge is 0.101 e. The zero-order valence-electron chi connectivity index (χ0n) is 25.4. The summed E-state index contributed by atoms with van der Waals surface area (Å²) in [4.78, 5) is 0. The Kier molecular flexibility index (Phi) is 5.64. The number of hydrogen-bond donors (Lipinski definition) is 0. The Balaban J connectivity index is 1.10. The van der Waals surface area contributed by atoms with Crippen molar-refractivity contribution in [3.05, 3.63) is 157 Å². The third-order valence-corrected chi connectivity index (χ3v) is 11.1. The fourth-order valence-corrected chi connectivity index (χ4v) is 8.91. The van der Waals surface area contributed by atoms with Crippen molar-refractivity contribution in [3.63, 3.8) is 0 Å². The number of thiophene rings is 1. The summed E-state index contributed by atoms with van der Waals surface area (Å²) in [6.45, 7) is 0. The van der Waals surface area contributed by atoms with Crippen molar-refractivity contribution in [3.8, 4) is 11.8 Å². The van der Waals surface area contributed by atoms with E-state index in [0.29, 0.717) is 5.56 Å². The van der Waals surface area contributed by atoms with Crippen molar-refractivity contribution in [2.24, 2.45) is 0 Å². The maximum Gasteiger partial charge on any atom is 0.101 e. The third kappa shape index (κ3) is 3.84. The first kappa shape index (κ1) is 26.3. The molecule has 0 amide bonds. The highest BCUT2D eigenvalue weighted by molar-refractivity contribution is 7.25. The van der Waals surface area contributed by atoms with Gasteiger partial charge in [0.15, 0.2) is 0 Å². The first-order valence-corrected chi connectivity index (χ1v) is 16.8. The quantitative estimate of drug-likeness (QED) is 0.194. The van der Waals surface area contributed by atoms with Crippen LogP contribution in [0.25, 0.3) is 75.0 Å². The Hall–Kier alpha value is -5.89. The van der Waals surface area contributed by atoms with Crippen LogP contribution in [0.2, 0.25) is 0 Å². The van der Waals surface area contributed by atoms with Gasteiger partial charge in [0, 0.05) is 58.4 Å². The summed E-state index contributed by atoms with van der Waals surface area (Å²) in [5, 5.41) is 17.5. The number of rotatable bonds is 3. The van der Waals surface area contributed by atoms with Crippen LogP contribution in [-0.4, -0.2) is 9.13 Å². The minimum Gasteiger partial charge on any atom is -0.333 e. The normalized spacial score (nSPS) is 15.0. The lowest BCUT2D eigenvalue weighted by molar-refractivity contribution is 0.656. The maximum absolute atomic E-state index is 10.1. The molecule has 0 saturated heterocycles. The molecule has 0 radical (unpaired) electrons. The van der Waals surface area contributed by atoms with E-state index >= 15 is 0 Å². The van der Waals surface area contributed by atoms with Crippen LogP contribution >= 0.6 is 11.3 Å². The second-order valence-electron chi connectivity index (χ2n) is 12.4. The molecule has 4 heteroatoms. The zero-order chi connectivity index (χ0) is 31.1. The van der Waals surface area contributed by atoms with E-state index in [9.17, 15) is 5.26 Å². The second kappa shape index (κ2) is 10.1. The zero-order valence-corrected chi connectivity index (χ0v) is 26.2. The molecule has 0 N–H and O–H groups in total. The highest BCUT2D eigenvalue weighted by Gasteiger charge is 2.21. The molecule has 1 aliphatic rings. The van der Waals surface area contributed by atoms with Crippen molar-refractivity contribution in [2.45, 2.75) is 12.5 Å². The topological polar surface area (TPSA) is 33.6 Å². The average Bonchev–Trinajstić information content (AvgIpc) is 3.79. The van der Waals surface area contributed by atoms with Crippen molar-refractivity contribution >= 4 is 80.7 Å². The molecule has 0 saturated carbocycles. The van der Waals surface area contributed by atoms with Crippen LogP contribution in [-0.2, 0) is 0 Å². The van der Waals surface area contributed by atoms with E-state index in [2.05, 4.69) is 149 Å². The van der Waals surface area contributed by atoms with E-state index in [4.69, 9.17) is 0 Å². The molecule has 3 aromatic heterocycles. The van der Waals surface area contributed by atoms with Gasteiger partial charge in [-0.25, -0.2) is 0 Å². The van der Waals surface area contributed by atoms with Gasteiger partial charge in [-0.3, -0.25) is 0 Å². The standard InChI is InChI=1S/C43H27N3S/c44-26-29-10-8-15-35-34-14-3-6-18-40(34)46(43(29)35)31-20-22-42-37(25-31)36-24-28(19-21-41(36)47-42)27-9-7-11-30(23-27)45-38-16-4-1-12-32(38)33-13-2-5-17-39(33)45/h1-22,24-25,30H,23H2. The Morgan fingerprint density at radius 2 is 1.26 bits per heavy atom. The van der Waals surface area contributed by atoms with Crippen LogP contribution < -0.4 is 0 Å². The minimum absolute atomic E-state index is 0.228. The maximum atomic E-state index is 10.1. The Morgan fingerprint density at radius 3 is 2.00 bits per heavy atom. The van der Waals surface area contributed by atoms with Crippen molar-refractivity contribution in [1.82, 2.24) is 9.13 Å². The van der Waals surface area contributed by atoms with Gasteiger partial charge in [-0.1, -0.05) is 91.0 Å². The van der Waals surface area contributed by atoms with Crippen LogP contribution in [0.15, 0.2) is 146 Å². The summed E-state index contributed by atoms with van der Waals surface area (Å²) in [6.07, 6.45) is 7.79. The second-order valence-corrected chi connectivity index (χ2v) is 13.5. The fourth-order valence-electron chi connectivity index (χ4n) is 7.84. The molecule has 3 nitrogen and oxygen atoms in total. The van der Waals surface area contributed by atoms with E-state index in [0.717, 1.165) is 33.9 Å². The van der Waals surface area contributed by atoms with Crippen LogP contribution in [0.1, 0.15) is 23.6 Å². The summed E-state index contributed by atoms with van der Waals surface area (Å²) >= 11 is 1.84. The largest absolute Gasteiger partial charge is 0.333 e. The number of nitrogens with zero attached hydrogens (tertiary/aromatic N) is 3. The van der Waals surface area contributed by atoms with Crippen LogP contribution in [0.3, 0.4) is 0 Å². The molecule has 1 aliphatic carbocycles. The molecule has 0 spiro atoms. The van der Waals surface area contributed by atoms with Crippen molar-refractivity contribution in [2.75, 3.05) is 0 Å². The average molecular weight is 618 g/mol. The molecule has 1 unspecified atom stereocenters. The van der Waals surface area contributed by atoms with E-state index in [-0.39, 0.29) is 6.04 Å². The predicted molar refractivity (Wildman–Crippen MR) is 199 cm³/mol. The fraction of sp³-hybridized carbons (Fsp3) is 0.0465. The van der Waals surface area contributed by atoms with Crippen molar-refractivity contribution in [1.29, 1.82) is 5.26 Å². The van der Waals surface area contributed by atoms with E-state index < -0.39 is 0 Å². The lowest BCUT2D eigenvalue weighted by Gasteiger charge is -2.23. The van der Waals surface area contributed by atoms with Gasteiger partial charge >= 0.3 is 0 Å². The predicted octanol–water partition coefficient (Wildman–Crippen LogP) is 11.7. The Labute approximate surface area is 275 Å². The Bertz CT molecular complexity index is 2800. The highest BCUT2D eigenvalue weighted by Crippen LogP contribution is 2.42. The van der Waals surface area contributed by atoms with Gasteiger partial charge in [0.05, 0.1) is 22.6 Å².